The predicted molar refractivity (Wildman–Crippen MR) is 87.3 cm³/mol. The predicted octanol–water partition coefficient (Wildman–Crippen LogP) is 3.47. The van der Waals surface area contributed by atoms with E-state index in [2.05, 4.69) is 11.4 Å². The first-order chi connectivity index (χ1) is 10.7. The Labute approximate surface area is 132 Å². The molecule has 0 bridgehead atoms. The molecule has 0 aromatic heterocycles. The Balaban J connectivity index is 1.86. The van der Waals surface area contributed by atoms with Gasteiger partial charge < -0.3 is 14.8 Å². The van der Waals surface area contributed by atoms with Crippen molar-refractivity contribution in [2.24, 2.45) is 0 Å². The molecule has 0 saturated carbocycles. The van der Waals surface area contributed by atoms with E-state index in [0.29, 0.717) is 18.7 Å². The van der Waals surface area contributed by atoms with Crippen LogP contribution in [0.25, 0.3) is 0 Å². The number of methoxy groups -OCH3 is 1. The van der Waals surface area contributed by atoms with E-state index in [0.717, 1.165) is 18.6 Å². The summed E-state index contributed by atoms with van der Waals surface area (Å²) in [6, 6.07) is 7.29. The molecule has 0 spiro atoms. The van der Waals surface area contributed by atoms with Crippen LogP contribution in [0, 0.1) is 0 Å². The van der Waals surface area contributed by atoms with Crippen LogP contribution in [0.4, 0.5) is 0 Å². The van der Waals surface area contributed by atoms with Gasteiger partial charge in [-0.15, -0.1) is 0 Å². The Morgan fingerprint density at radius 2 is 1.95 bits per heavy atom. The van der Waals surface area contributed by atoms with Crippen LogP contribution < -0.4 is 14.8 Å². The minimum atomic E-state index is -0.461. The number of hydrogen-bond donors (Lipinski definition) is 1. The quantitative estimate of drug-likeness (QED) is 0.785. The van der Waals surface area contributed by atoms with E-state index in [4.69, 9.17) is 9.47 Å². The lowest BCUT2D eigenvalue weighted by molar-refractivity contribution is -0.127. The van der Waals surface area contributed by atoms with Crippen LogP contribution in [0.15, 0.2) is 35.9 Å². The summed E-state index contributed by atoms with van der Waals surface area (Å²) in [5, 5.41) is 2.99. The van der Waals surface area contributed by atoms with Crippen molar-refractivity contribution in [3.63, 3.8) is 0 Å². The first kappa shape index (κ1) is 16.4. The maximum atomic E-state index is 12.3. The Morgan fingerprint density at radius 1 is 1.23 bits per heavy atom. The molecule has 1 aliphatic carbocycles. The average molecular weight is 303 g/mol. The molecule has 0 fully saturated rings. The fourth-order valence-electron chi connectivity index (χ4n) is 2.52. The monoisotopic (exact) mass is 303 g/mol. The molecule has 1 unspecified atom stereocenters. The van der Waals surface area contributed by atoms with Crippen LogP contribution in [0.5, 0.6) is 11.5 Å². The minimum absolute atomic E-state index is 0.0511. The van der Waals surface area contributed by atoms with Gasteiger partial charge in [-0.25, -0.2) is 0 Å². The van der Waals surface area contributed by atoms with E-state index in [1.165, 1.54) is 18.4 Å². The zero-order valence-corrected chi connectivity index (χ0v) is 13.4. The molecule has 0 saturated heterocycles. The zero-order valence-electron chi connectivity index (χ0n) is 13.4. The SMILES string of the molecule is CCC(Oc1ccc(OC)cc1)C(=O)NCC1=CCCCC1. The second-order valence-corrected chi connectivity index (χ2v) is 5.52. The van der Waals surface area contributed by atoms with Gasteiger partial charge in [0.15, 0.2) is 6.10 Å². The van der Waals surface area contributed by atoms with Gasteiger partial charge in [0.25, 0.3) is 5.91 Å². The smallest absolute Gasteiger partial charge is 0.261 e. The standard InChI is InChI=1S/C18H25NO3/c1-3-17(22-16-11-9-15(21-2)10-12-16)18(20)19-13-14-7-5-4-6-8-14/h7,9-12,17H,3-6,8,13H2,1-2H3,(H,19,20). The topological polar surface area (TPSA) is 47.6 Å². The number of hydrogen-bond acceptors (Lipinski definition) is 3. The number of nitrogens with one attached hydrogen (secondary N) is 1. The first-order valence-corrected chi connectivity index (χ1v) is 7.99. The molecule has 120 valence electrons. The molecule has 0 aliphatic heterocycles. The lowest BCUT2D eigenvalue weighted by atomic mass is 10.00. The number of allylic oxidation sites excluding steroid dienone is 1. The van der Waals surface area contributed by atoms with Crippen LogP contribution in [0.3, 0.4) is 0 Å². The molecule has 1 aromatic rings. The molecule has 1 atom stereocenters. The summed E-state index contributed by atoms with van der Waals surface area (Å²) in [6.45, 7) is 2.59. The van der Waals surface area contributed by atoms with Crippen LogP contribution in [-0.4, -0.2) is 25.7 Å². The van der Waals surface area contributed by atoms with Gasteiger partial charge >= 0.3 is 0 Å². The molecular formula is C18H25NO3. The Hall–Kier alpha value is -1.97. The van der Waals surface area contributed by atoms with Gasteiger partial charge in [-0.2, -0.15) is 0 Å². The highest BCUT2D eigenvalue weighted by Gasteiger charge is 2.18. The van der Waals surface area contributed by atoms with E-state index in [9.17, 15) is 4.79 Å². The molecule has 4 heteroatoms. The van der Waals surface area contributed by atoms with Gasteiger partial charge in [0.1, 0.15) is 11.5 Å². The van der Waals surface area contributed by atoms with Crippen molar-refractivity contribution in [1.29, 1.82) is 0 Å². The number of carbonyl (C=O) groups is 1. The molecule has 4 nitrogen and oxygen atoms in total. The summed E-state index contributed by atoms with van der Waals surface area (Å²) in [5.74, 6) is 1.40. The van der Waals surface area contributed by atoms with Crippen molar-refractivity contribution in [3.8, 4) is 11.5 Å². The van der Waals surface area contributed by atoms with E-state index in [1.807, 2.05) is 31.2 Å². The van der Waals surface area contributed by atoms with Crippen molar-refractivity contribution in [3.05, 3.63) is 35.9 Å². The van der Waals surface area contributed by atoms with Crippen molar-refractivity contribution in [2.45, 2.75) is 45.1 Å². The van der Waals surface area contributed by atoms with E-state index >= 15 is 0 Å². The minimum Gasteiger partial charge on any atom is -0.497 e. The molecule has 1 aromatic carbocycles. The molecule has 1 aliphatic rings. The van der Waals surface area contributed by atoms with Gasteiger partial charge in [0.2, 0.25) is 0 Å². The third-order valence-electron chi connectivity index (χ3n) is 3.88. The number of amides is 1. The highest BCUT2D eigenvalue weighted by molar-refractivity contribution is 5.81. The molecular weight excluding hydrogens is 278 g/mol. The maximum absolute atomic E-state index is 12.3. The van der Waals surface area contributed by atoms with E-state index in [-0.39, 0.29) is 5.91 Å². The third kappa shape index (κ3) is 4.79. The molecule has 2 rings (SSSR count). The highest BCUT2D eigenvalue weighted by Crippen LogP contribution is 2.19. The lowest BCUT2D eigenvalue weighted by Gasteiger charge is -2.19. The Bertz CT molecular complexity index is 508. The summed E-state index contributed by atoms with van der Waals surface area (Å²) in [4.78, 5) is 12.3. The van der Waals surface area contributed by atoms with Crippen LogP contribution >= 0.6 is 0 Å². The van der Waals surface area contributed by atoms with Crippen molar-refractivity contribution in [2.75, 3.05) is 13.7 Å². The first-order valence-electron chi connectivity index (χ1n) is 7.99. The number of carbonyl (C=O) groups excluding carboxylic acids is 1. The number of ether oxygens (including phenoxy) is 2. The van der Waals surface area contributed by atoms with Crippen molar-refractivity contribution in [1.82, 2.24) is 5.32 Å². The third-order valence-corrected chi connectivity index (χ3v) is 3.88. The highest BCUT2D eigenvalue weighted by atomic mass is 16.5. The molecule has 1 N–H and O–H groups in total. The molecule has 22 heavy (non-hydrogen) atoms. The molecule has 1 amide bonds. The Kier molecular flexibility index (Phi) is 6.31. The van der Waals surface area contributed by atoms with Crippen LogP contribution in [0.1, 0.15) is 39.0 Å². The molecule has 0 heterocycles. The largest absolute Gasteiger partial charge is 0.497 e. The van der Waals surface area contributed by atoms with Crippen LogP contribution in [0.2, 0.25) is 0 Å². The lowest BCUT2D eigenvalue weighted by Crippen LogP contribution is -2.39. The number of benzene rings is 1. The van der Waals surface area contributed by atoms with E-state index < -0.39 is 6.10 Å². The van der Waals surface area contributed by atoms with Gasteiger partial charge in [-0.1, -0.05) is 18.6 Å². The fraction of sp³-hybridized carbons (Fsp3) is 0.500. The van der Waals surface area contributed by atoms with Gasteiger partial charge in [0, 0.05) is 6.54 Å². The van der Waals surface area contributed by atoms with E-state index in [1.54, 1.807) is 7.11 Å². The summed E-state index contributed by atoms with van der Waals surface area (Å²) in [7, 11) is 1.62. The Morgan fingerprint density at radius 3 is 2.55 bits per heavy atom. The van der Waals surface area contributed by atoms with Crippen LogP contribution in [-0.2, 0) is 4.79 Å². The van der Waals surface area contributed by atoms with Gasteiger partial charge in [-0.05, 0) is 56.4 Å². The van der Waals surface area contributed by atoms with Gasteiger partial charge in [-0.3, -0.25) is 4.79 Å². The maximum Gasteiger partial charge on any atom is 0.261 e. The second-order valence-electron chi connectivity index (χ2n) is 5.52. The second kappa shape index (κ2) is 8.47. The van der Waals surface area contributed by atoms with Crippen molar-refractivity contribution >= 4 is 5.91 Å². The number of rotatable bonds is 7. The summed E-state index contributed by atoms with van der Waals surface area (Å²) >= 11 is 0. The fourth-order valence-corrected chi connectivity index (χ4v) is 2.52. The summed E-state index contributed by atoms with van der Waals surface area (Å²) in [5.41, 5.74) is 1.33. The zero-order chi connectivity index (χ0) is 15.8. The summed E-state index contributed by atoms with van der Waals surface area (Å²) < 4.78 is 10.9. The molecule has 0 radical (unpaired) electrons. The normalized spacial score (nSPS) is 15.6. The van der Waals surface area contributed by atoms with Gasteiger partial charge in [0.05, 0.1) is 7.11 Å². The average Bonchev–Trinajstić information content (AvgIpc) is 2.59. The van der Waals surface area contributed by atoms with Crippen molar-refractivity contribution < 1.29 is 14.3 Å². The summed E-state index contributed by atoms with van der Waals surface area (Å²) in [6.07, 6.45) is 7.13.